The molecule has 0 bridgehead atoms. The van der Waals surface area contributed by atoms with Crippen molar-refractivity contribution in [2.24, 2.45) is 5.92 Å². The Morgan fingerprint density at radius 1 is 1.04 bits per heavy atom. The molecule has 0 aliphatic carbocycles. The number of hydrogen-bond donors (Lipinski definition) is 1. The summed E-state index contributed by atoms with van der Waals surface area (Å²) in [6.45, 7) is 4.16. The van der Waals surface area contributed by atoms with Crippen LogP contribution in [0.3, 0.4) is 0 Å². The van der Waals surface area contributed by atoms with Gasteiger partial charge in [-0.3, -0.25) is 4.79 Å². The number of esters is 1. The lowest BCUT2D eigenvalue weighted by molar-refractivity contribution is -0.255. The first-order chi connectivity index (χ1) is 12.7. The lowest BCUT2D eigenvalue weighted by Crippen LogP contribution is -2.26. The number of anilines is 1. The predicted octanol–water partition coefficient (Wildman–Crippen LogP) is 3.42. The summed E-state index contributed by atoms with van der Waals surface area (Å²) in [4.78, 5) is 35.5. The summed E-state index contributed by atoms with van der Waals surface area (Å²) in [6.07, 6.45) is 0. The third kappa shape index (κ3) is 5.45. The largest absolute Gasteiger partial charge is 0.545 e. The van der Waals surface area contributed by atoms with Gasteiger partial charge in [-0.25, -0.2) is 4.79 Å². The highest BCUT2D eigenvalue weighted by molar-refractivity contribution is 6.42. The van der Waals surface area contributed by atoms with Crippen LogP contribution in [-0.4, -0.2) is 24.5 Å². The molecule has 2 rings (SSSR count). The van der Waals surface area contributed by atoms with Crippen LogP contribution in [0.5, 0.6) is 0 Å². The topological polar surface area (TPSA) is 95.5 Å². The first kappa shape index (κ1) is 20.7. The molecule has 8 heteroatoms. The minimum Gasteiger partial charge on any atom is -0.545 e. The number of carbonyl (C=O) groups excluding carboxylic acids is 3. The molecule has 0 saturated heterocycles. The molecule has 0 aromatic heterocycles. The molecule has 0 aliphatic heterocycles. The van der Waals surface area contributed by atoms with Crippen LogP contribution >= 0.6 is 23.2 Å². The van der Waals surface area contributed by atoms with Gasteiger partial charge in [0.25, 0.3) is 5.91 Å². The number of halogens is 2. The highest BCUT2D eigenvalue weighted by Crippen LogP contribution is 2.26. The number of amides is 1. The third-order valence-corrected chi connectivity index (χ3v) is 4.17. The SMILES string of the molecule is CC(C)COC(=O)c1ccc(NC(=O)c2cc(Cl)c(Cl)cc2C(=O)[O-])cc1. The molecule has 0 spiro atoms. The van der Waals surface area contributed by atoms with Crippen molar-refractivity contribution in [1.82, 2.24) is 0 Å². The van der Waals surface area contributed by atoms with E-state index in [1.54, 1.807) is 0 Å². The fourth-order valence-corrected chi connectivity index (χ4v) is 2.44. The van der Waals surface area contributed by atoms with Crippen LogP contribution in [0.4, 0.5) is 5.69 Å². The minimum atomic E-state index is -1.55. The molecular formula is C19H16Cl2NO5-. The van der Waals surface area contributed by atoms with Gasteiger partial charge >= 0.3 is 5.97 Å². The van der Waals surface area contributed by atoms with Gasteiger partial charge in [0.05, 0.1) is 33.7 Å². The maximum atomic E-state index is 12.4. The van der Waals surface area contributed by atoms with Crippen molar-refractivity contribution in [1.29, 1.82) is 0 Å². The number of carboxylic acid groups (broad SMARTS) is 1. The van der Waals surface area contributed by atoms with Gasteiger partial charge in [0.2, 0.25) is 0 Å². The van der Waals surface area contributed by atoms with Crippen LogP contribution < -0.4 is 10.4 Å². The van der Waals surface area contributed by atoms with E-state index in [1.807, 2.05) is 13.8 Å². The Hall–Kier alpha value is -2.57. The average Bonchev–Trinajstić information content (AvgIpc) is 2.61. The number of benzene rings is 2. The van der Waals surface area contributed by atoms with Gasteiger partial charge in [-0.05, 0) is 42.3 Å². The van der Waals surface area contributed by atoms with Crippen LogP contribution in [0, 0.1) is 5.92 Å². The van der Waals surface area contributed by atoms with Gasteiger partial charge in [-0.2, -0.15) is 0 Å². The van der Waals surface area contributed by atoms with Crippen molar-refractivity contribution in [2.45, 2.75) is 13.8 Å². The van der Waals surface area contributed by atoms with E-state index in [2.05, 4.69) is 5.32 Å². The third-order valence-electron chi connectivity index (χ3n) is 3.45. The molecule has 2 aromatic rings. The second-order valence-electron chi connectivity index (χ2n) is 6.12. The Balaban J connectivity index is 2.16. The Bertz CT molecular complexity index is 878. The number of hydrogen-bond acceptors (Lipinski definition) is 5. The van der Waals surface area contributed by atoms with E-state index in [1.165, 1.54) is 24.3 Å². The summed E-state index contributed by atoms with van der Waals surface area (Å²) >= 11 is 11.7. The Morgan fingerprint density at radius 3 is 2.11 bits per heavy atom. The standard InChI is InChI=1S/C19H17Cl2NO5/c1-10(2)9-27-19(26)11-3-5-12(6-4-11)22-17(23)13-7-15(20)16(21)8-14(13)18(24)25/h3-8,10H,9H2,1-2H3,(H,22,23)(H,24,25)/p-1. The number of nitrogens with one attached hydrogen (secondary N) is 1. The van der Waals surface area contributed by atoms with Crippen LogP contribution in [0.15, 0.2) is 36.4 Å². The second-order valence-corrected chi connectivity index (χ2v) is 6.94. The Kier molecular flexibility index (Phi) is 6.82. The monoisotopic (exact) mass is 408 g/mol. The van der Waals surface area contributed by atoms with Crippen LogP contribution in [0.1, 0.15) is 44.9 Å². The summed E-state index contributed by atoms with van der Waals surface area (Å²) in [5, 5.41) is 13.8. The minimum absolute atomic E-state index is 0.00307. The molecular weight excluding hydrogens is 393 g/mol. The molecule has 0 heterocycles. The highest BCUT2D eigenvalue weighted by Gasteiger charge is 2.16. The number of ether oxygens (including phenoxy) is 1. The zero-order chi connectivity index (χ0) is 20.1. The maximum absolute atomic E-state index is 12.4. The number of rotatable bonds is 6. The van der Waals surface area contributed by atoms with E-state index in [0.717, 1.165) is 12.1 Å². The molecule has 1 amide bonds. The first-order valence-electron chi connectivity index (χ1n) is 7.98. The molecule has 0 aliphatic rings. The molecule has 0 saturated carbocycles. The van der Waals surface area contributed by atoms with E-state index >= 15 is 0 Å². The number of carboxylic acids is 1. The van der Waals surface area contributed by atoms with Crippen molar-refractivity contribution in [3.8, 4) is 0 Å². The molecule has 142 valence electrons. The molecule has 2 aromatic carbocycles. The Morgan fingerprint density at radius 2 is 1.59 bits per heavy atom. The van der Waals surface area contributed by atoms with E-state index in [9.17, 15) is 19.5 Å². The molecule has 0 fully saturated rings. The number of aromatic carboxylic acids is 1. The maximum Gasteiger partial charge on any atom is 0.338 e. The van der Waals surface area contributed by atoms with E-state index < -0.39 is 17.8 Å². The summed E-state index contributed by atoms with van der Waals surface area (Å²) < 4.78 is 5.12. The lowest BCUT2D eigenvalue weighted by atomic mass is 10.1. The molecule has 27 heavy (non-hydrogen) atoms. The quantitative estimate of drug-likeness (QED) is 0.738. The van der Waals surface area contributed by atoms with Gasteiger partial charge in [0.1, 0.15) is 0 Å². The van der Waals surface area contributed by atoms with Crippen LogP contribution in [-0.2, 0) is 4.74 Å². The van der Waals surface area contributed by atoms with Gasteiger partial charge in [0, 0.05) is 11.3 Å². The van der Waals surface area contributed by atoms with Gasteiger partial charge in [-0.1, -0.05) is 37.0 Å². The van der Waals surface area contributed by atoms with Gasteiger partial charge < -0.3 is 20.0 Å². The highest BCUT2D eigenvalue weighted by atomic mass is 35.5. The molecule has 6 nitrogen and oxygen atoms in total. The average molecular weight is 409 g/mol. The summed E-state index contributed by atoms with van der Waals surface area (Å²) in [7, 11) is 0. The van der Waals surface area contributed by atoms with Crippen LogP contribution in [0.25, 0.3) is 0 Å². The summed E-state index contributed by atoms with van der Waals surface area (Å²) in [5.41, 5.74) is 0.120. The molecule has 1 N–H and O–H groups in total. The summed E-state index contributed by atoms with van der Waals surface area (Å²) in [5.74, 6) is -2.51. The van der Waals surface area contributed by atoms with Crippen molar-refractivity contribution in [3.63, 3.8) is 0 Å². The Labute approximate surface area is 166 Å². The predicted molar refractivity (Wildman–Crippen MR) is 100 cm³/mol. The first-order valence-corrected chi connectivity index (χ1v) is 8.73. The van der Waals surface area contributed by atoms with Gasteiger partial charge in [0.15, 0.2) is 0 Å². The lowest BCUT2D eigenvalue weighted by Gasteiger charge is -2.13. The molecule has 0 atom stereocenters. The zero-order valence-corrected chi connectivity index (χ0v) is 16.1. The van der Waals surface area contributed by atoms with Crippen molar-refractivity contribution < 1.29 is 24.2 Å². The van der Waals surface area contributed by atoms with Crippen LogP contribution in [0.2, 0.25) is 10.0 Å². The van der Waals surface area contributed by atoms with Crippen molar-refractivity contribution in [2.75, 3.05) is 11.9 Å². The smallest absolute Gasteiger partial charge is 0.338 e. The zero-order valence-electron chi connectivity index (χ0n) is 14.5. The van der Waals surface area contributed by atoms with Crippen molar-refractivity contribution in [3.05, 3.63) is 63.1 Å². The number of carbonyl (C=O) groups is 3. The van der Waals surface area contributed by atoms with Gasteiger partial charge in [-0.15, -0.1) is 0 Å². The molecule has 0 unspecified atom stereocenters. The summed E-state index contributed by atoms with van der Waals surface area (Å²) in [6, 6.07) is 8.20. The van der Waals surface area contributed by atoms with E-state index in [4.69, 9.17) is 27.9 Å². The van der Waals surface area contributed by atoms with Crippen molar-refractivity contribution >= 4 is 46.7 Å². The molecule has 0 radical (unpaired) electrons. The fourth-order valence-electron chi connectivity index (χ4n) is 2.12. The van der Waals surface area contributed by atoms with E-state index in [0.29, 0.717) is 17.9 Å². The normalized spacial score (nSPS) is 10.6. The second kappa shape index (κ2) is 8.88. The van der Waals surface area contributed by atoms with E-state index in [-0.39, 0.29) is 27.1 Å². The fraction of sp³-hybridized carbons (Fsp3) is 0.211.